The van der Waals surface area contributed by atoms with Crippen molar-refractivity contribution in [3.8, 4) is 0 Å². The monoisotopic (exact) mass is 560 g/mol. The van der Waals surface area contributed by atoms with Crippen LogP contribution in [0.1, 0.15) is 59.6 Å². The summed E-state index contributed by atoms with van der Waals surface area (Å²) >= 11 is 0. The Kier molecular flexibility index (Phi) is 15.3. The summed E-state index contributed by atoms with van der Waals surface area (Å²) in [5.41, 5.74) is 0.662. The summed E-state index contributed by atoms with van der Waals surface area (Å²) in [6.45, 7) is 17.5. The van der Waals surface area contributed by atoms with Gasteiger partial charge in [0.1, 0.15) is 11.2 Å². The molecule has 0 heterocycles. The second-order valence-electron chi connectivity index (χ2n) is 10.9. The molecular formula is C33H52O7. The molecule has 0 amide bonds. The predicted octanol–water partition coefficient (Wildman–Crippen LogP) is 6.14. The van der Waals surface area contributed by atoms with Crippen molar-refractivity contribution in [3.05, 3.63) is 71.8 Å². The van der Waals surface area contributed by atoms with Crippen LogP contribution in [0.4, 0.5) is 0 Å². The summed E-state index contributed by atoms with van der Waals surface area (Å²) in [5.74, 6) is 0. The molecule has 0 aromatic heterocycles. The number of hydrogen-bond acceptors (Lipinski definition) is 7. The lowest BCUT2D eigenvalue weighted by molar-refractivity contribution is -0.179. The van der Waals surface area contributed by atoms with Crippen molar-refractivity contribution in [2.24, 2.45) is 0 Å². The number of rotatable bonds is 21. The fourth-order valence-corrected chi connectivity index (χ4v) is 4.21. The van der Waals surface area contributed by atoms with Gasteiger partial charge >= 0.3 is 0 Å². The molecule has 0 N–H and O–H groups in total. The second kappa shape index (κ2) is 17.9. The fraction of sp³-hybridized carbons (Fsp3) is 0.636. The molecule has 0 fully saturated rings. The minimum absolute atomic E-state index is 0.00490. The van der Waals surface area contributed by atoms with Gasteiger partial charge in [0.2, 0.25) is 0 Å². The lowest BCUT2D eigenvalue weighted by Gasteiger charge is -2.38. The van der Waals surface area contributed by atoms with E-state index in [4.69, 9.17) is 33.2 Å². The van der Waals surface area contributed by atoms with Crippen molar-refractivity contribution in [2.45, 2.75) is 84.1 Å². The Morgan fingerprint density at radius 3 is 1.50 bits per heavy atom. The molecule has 0 aliphatic carbocycles. The predicted molar refractivity (Wildman–Crippen MR) is 159 cm³/mol. The molecule has 0 spiro atoms. The Hall–Kier alpha value is -1.84. The van der Waals surface area contributed by atoms with E-state index in [-0.39, 0.29) is 24.4 Å². The van der Waals surface area contributed by atoms with Crippen LogP contribution in [0.25, 0.3) is 0 Å². The van der Waals surface area contributed by atoms with Crippen LogP contribution in [-0.2, 0) is 44.4 Å². The van der Waals surface area contributed by atoms with Crippen molar-refractivity contribution >= 4 is 0 Å². The van der Waals surface area contributed by atoms with Crippen LogP contribution in [0, 0.1) is 0 Å². The summed E-state index contributed by atoms with van der Waals surface area (Å²) in [4.78, 5) is 0. The smallest absolute Gasteiger partial charge is 0.114 e. The van der Waals surface area contributed by atoms with Crippen molar-refractivity contribution in [1.29, 1.82) is 0 Å². The third-order valence-corrected chi connectivity index (χ3v) is 6.80. The highest BCUT2D eigenvalue weighted by molar-refractivity contribution is 5.24. The van der Waals surface area contributed by atoms with Gasteiger partial charge < -0.3 is 33.2 Å². The summed E-state index contributed by atoms with van der Waals surface area (Å²) in [6, 6.07) is 20.4. The Labute approximate surface area is 242 Å². The van der Waals surface area contributed by atoms with E-state index in [2.05, 4.69) is 38.1 Å². The van der Waals surface area contributed by atoms with Crippen LogP contribution in [0.3, 0.4) is 0 Å². The van der Waals surface area contributed by atoms with E-state index in [0.717, 1.165) is 11.1 Å². The summed E-state index contributed by atoms with van der Waals surface area (Å²) in [6.07, 6.45) is -0.167. The van der Waals surface area contributed by atoms with Gasteiger partial charge in [0.05, 0.1) is 64.1 Å². The first kappa shape index (κ1) is 34.4. The fourth-order valence-electron chi connectivity index (χ4n) is 4.21. The van der Waals surface area contributed by atoms with Gasteiger partial charge in [0.25, 0.3) is 0 Å². The number of benzene rings is 2. The van der Waals surface area contributed by atoms with Gasteiger partial charge in [-0.2, -0.15) is 0 Å². The highest BCUT2D eigenvalue weighted by Crippen LogP contribution is 2.32. The lowest BCUT2D eigenvalue weighted by atomic mass is 9.93. The van der Waals surface area contributed by atoms with Crippen LogP contribution in [0.2, 0.25) is 0 Å². The van der Waals surface area contributed by atoms with E-state index >= 15 is 0 Å². The minimum Gasteiger partial charge on any atom is -0.382 e. The molecule has 0 saturated carbocycles. The molecule has 0 aliphatic rings. The van der Waals surface area contributed by atoms with E-state index in [1.54, 1.807) is 7.11 Å². The molecule has 2 rings (SSSR count). The normalized spacial score (nSPS) is 17.9. The first-order valence-corrected chi connectivity index (χ1v) is 14.5. The maximum absolute atomic E-state index is 6.74. The Morgan fingerprint density at radius 1 is 0.550 bits per heavy atom. The molecule has 0 saturated heterocycles. The molecule has 6 atom stereocenters. The zero-order chi connectivity index (χ0) is 29.4. The largest absolute Gasteiger partial charge is 0.382 e. The van der Waals surface area contributed by atoms with Gasteiger partial charge in [-0.05, 0) is 59.6 Å². The molecule has 40 heavy (non-hydrogen) atoms. The first-order valence-electron chi connectivity index (χ1n) is 14.5. The lowest BCUT2D eigenvalue weighted by Crippen LogP contribution is -2.41. The molecule has 0 aliphatic heterocycles. The zero-order valence-electron chi connectivity index (χ0n) is 25.9. The standard InChI is InChI=1S/C33H52O7/c1-9-35-27(3)21-37-29(5)23-39-33(7,31-18-14-11-15-19-31)25-40-32(6,30-16-12-10-13-17-30)24-38-28(4)22-36-26(2)20-34-8/h10-19,26-29H,9,20-25H2,1-8H3/t26-,27-,28-,29?,32-,33-/m1/s1. The summed E-state index contributed by atoms with van der Waals surface area (Å²) in [7, 11) is 1.67. The Bertz CT molecular complexity index is 836. The average Bonchev–Trinajstić information content (AvgIpc) is 2.97. The van der Waals surface area contributed by atoms with E-state index in [1.807, 2.05) is 71.0 Å². The van der Waals surface area contributed by atoms with Crippen molar-refractivity contribution in [3.63, 3.8) is 0 Å². The molecule has 1 unspecified atom stereocenters. The van der Waals surface area contributed by atoms with Crippen LogP contribution in [0.15, 0.2) is 60.7 Å². The van der Waals surface area contributed by atoms with E-state index in [1.165, 1.54) is 0 Å². The molecule has 2 aromatic rings. The molecule has 7 nitrogen and oxygen atoms in total. The maximum atomic E-state index is 6.74. The first-order chi connectivity index (χ1) is 19.1. The average molecular weight is 561 g/mol. The Morgan fingerprint density at radius 2 is 1.00 bits per heavy atom. The second-order valence-corrected chi connectivity index (χ2v) is 10.9. The molecule has 0 radical (unpaired) electrons. The van der Waals surface area contributed by atoms with Crippen molar-refractivity contribution < 1.29 is 33.2 Å². The van der Waals surface area contributed by atoms with Gasteiger partial charge in [0, 0.05) is 13.7 Å². The Balaban J connectivity index is 2.12. The number of ether oxygens (including phenoxy) is 7. The van der Waals surface area contributed by atoms with Gasteiger partial charge in [-0.3, -0.25) is 0 Å². The highest BCUT2D eigenvalue weighted by atomic mass is 16.6. The zero-order valence-corrected chi connectivity index (χ0v) is 25.9. The van der Waals surface area contributed by atoms with Crippen molar-refractivity contribution in [2.75, 3.05) is 53.4 Å². The van der Waals surface area contributed by atoms with Gasteiger partial charge in [-0.15, -0.1) is 0 Å². The molecular weight excluding hydrogens is 508 g/mol. The third-order valence-electron chi connectivity index (χ3n) is 6.80. The molecule has 0 bridgehead atoms. The van der Waals surface area contributed by atoms with Crippen LogP contribution >= 0.6 is 0 Å². The van der Waals surface area contributed by atoms with Gasteiger partial charge in [-0.1, -0.05) is 60.7 Å². The van der Waals surface area contributed by atoms with Gasteiger partial charge in [-0.25, -0.2) is 0 Å². The molecule has 2 aromatic carbocycles. The van der Waals surface area contributed by atoms with Crippen molar-refractivity contribution in [1.82, 2.24) is 0 Å². The van der Waals surface area contributed by atoms with Crippen LogP contribution in [0.5, 0.6) is 0 Å². The van der Waals surface area contributed by atoms with Crippen LogP contribution < -0.4 is 0 Å². The summed E-state index contributed by atoms with van der Waals surface area (Å²) in [5, 5.41) is 0. The van der Waals surface area contributed by atoms with E-state index in [0.29, 0.717) is 46.2 Å². The number of methoxy groups -OCH3 is 1. The van der Waals surface area contributed by atoms with Crippen LogP contribution in [-0.4, -0.2) is 77.8 Å². The maximum Gasteiger partial charge on any atom is 0.114 e. The quantitative estimate of drug-likeness (QED) is 0.182. The molecule has 7 heteroatoms. The minimum atomic E-state index is -0.706. The SMILES string of the molecule is CCO[C@H](C)COC(C)CO[C@](C)(CO[C@](C)(CO[C@H](C)CO[C@H](C)COC)c1ccccc1)c1ccccc1. The van der Waals surface area contributed by atoms with E-state index in [9.17, 15) is 0 Å². The topological polar surface area (TPSA) is 64.6 Å². The highest BCUT2D eigenvalue weighted by Gasteiger charge is 2.35. The van der Waals surface area contributed by atoms with E-state index < -0.39 is 11.2 Å². The third kappa shape index (κ3) is 12.0. The molecule has 226 valence electrons. The number of hydrogen-bond donors (Lipinski definition) is 0. The van der Waals surface area contributed by atoms with Gasteiger partial charge in [0.15, 0.2) is 0 Å². The summed E-state index contributed by atoms with van der Waals surface area (Å²) < 4.78 is 42.2.